The normalized spacial score (nSPS) is 14.8. The van der Waals surface area contributed by atoms with Crippen LogP contribution in [0.3, 0.4) is 0 Å². The number of nitrogens with one attached hydrogen (secondary N) is 1. The molecule has 0 saturated carbocycles. The number of likely N-dealkylation sites (tertiary alicyclic amines) is 1. The van der Waals surface area contributed by atoms with Crippen molar-refractivity contribution in [2.45, 2.75) is 30.6 Å². The Hall–Kier alpha value is -3.04. The molecule has 2 aromatic rings. The summed E-state index contributed by atoms with van der Waals surface area (Å²) in [6.07, 6.45) is 1.37. The molecular weight excluding hydrogens is 418 g/mol. The van der Waals surface area contributed by atoms with Crippen molar-refractivity contribution in [2.24, 2.45) is 11.1 Å². The number of primary sulfonamides is 1. The van der Waals surface area contributed by atoms with E-state index in [0.717, 1.165) is 0 Å². The number of sulfonamides is 1. The van der Waals surface area contributed by atoms with Crippen molar-refractivity contribution in [3.8, 4) is 0 Å². The van der Waals surface area contributed by atoms with E-state index in [-0.39, 0.29) is 41.3 Å². The van der Waals surface area contributed by atoms with E-state index in [1.54, 1.807) is 29.2 Å². The summed E-state index contributed by atoms with van der Waals surface area (Å²) >= 11 is 0. The van der Waals surface area contributed by atoms with E-state index < -0.39 is 10.0 Å². The maximum atomic E-state index is 12.5. The van der Waals surface area contributed by atoms with Crippen molar-refractivity contribution in [3.05, 3.63) is 60.2 Å². The molecule has 0 spiro atoms. The van der Waals surface area contributed by atoms with Crippen LogP contribution in [0.25, 0.3) is 0 Å². The van der Waals surface area contributed by atoms with Crippen LogP contribution in [-0.2, 0) is 19.6 Å². The van der Waals surface area contributed by atoms with E-state index in [4.69, 9.17) is 5.14 Å². The zero-order valence-corrected chi connectivity index (χ0v) is 17.8. The summed E-state index contributed by atoms with van der Waals surface area (Å²) < 4.78 is 22.6. The third-order valence-electron chi connectivity index (χ3n) is 5.33. The molecular formula is C22H25N3O5S. The Labute approximate surface area is 181 Å². The number of benzene rings is 2. The summed E-state index contributed by atoms with van der Waals surface area (Å²) in [6, 6.07) is 14.5. The predicted octanol–water partition coefficient (Wildman–Crippen LogP) is 2.17. The third-order valence-corrected chi connectivity index (χ3v) is 6.26. The molecule has 1 aliphatic heterocycles. The van der Waals surface area contributed by atoms with Gasteiger partial charge in [0.1, 0.15) is 0 Å². The lowest BCUT2D eigenvalue weighted by Crippen LogP contribution is -2.41. The molecule has 0 bridgehead atoms. The van der Waals surface area contributed by atoms with E-state index in [0.29, 0.717) is 37.2 Å². The van der Waals surface area contributed by atoms with Crippen LogP contribution < -0.4 is 10.5 Å². The Balaban J connectivity index is 1.44. The number of nitrogens with two attached hydrogens (primary N) is 1. The van der Waals surface area contributed by atoms with Gasteiger partial charge in [-0.05, 0) is 37.1 Å². The molecule has 8 nitrogen and oxygen atoms in total. The van der Waals surface area contributed by atoms with Gasteiger partial charge >= 0.3 is 0 Å². The van der Waals surface area contributed by atoms with Gasteiger partial charge in [0.25, 0.3) is 0 Å². The van der Waals surface area contributed by atoms with Crippen LogP contribution >= 0.6 is 0 Å². The Kier molecular flexibility index (Phi) is 7.19. The monoisotopic (exact) mass is 443 g/mol. The number of anilines is 1. The number of hydrogen-bond donors (Lipinski definition) is 2. The smallest absolute Gasteiger partial charge is 0.238 e. The molecule has 9 heteroatoms. The SMILES string of the molecule is NS(=O)(=O)c1ccc(NC(=O)C2CCN(C(=O)CCC(=O)c3ccccc3)CC2)cc1. The molecule has 1 saturated heterocycles. The molecule has 2 amide bonds. The minimum Gasteiger partial charge on any atom is -0.343 e. The van der Waals surface area contributed by atoms with E-state index >= 15 is 0 Å². The van der Waals surface area contributed by atoms with E-state index in [1.807, 2.05) is 6.07 Å². The standard InChI is InChI=1S/C22H25N3O5S/c23-31(29,30)19-8-6-18(7-9-19)24-22(28)17-12-14-25(15-13-17)21(27)11-10-20(26)16-4-2-1-3-5-16/h1-9,17H,10-15H2,(H,24,28)(H2,23,29,30). The highest BCUT2D eigenvalue weighted by Crippen LogP contribution is 2.21. The highest BCUT2D eigenvalue weighted by Gasteiger charge is 2.27. The lowest BCUT2D eigenvalue weighted by atomic mass is 9.95. The number of piperidine rings is 1. The average Bonchev–Trinajstić information content (AvgIpc) is 2.77. The van der Waals surface area contributed by atoms with Crippen LogP contribution in [-0.4, -0.2) is 44.0 Å². The van der Waals surface area contributed by atoms with Gasteiger partial charge in [-0.2, -0.15) is 0 Å². The van der Waals surface area contributed by atoms with E-state index in [1.165, 1.54) is 24.3 Å². The Morgan fingerprint density at radius 3 is 2.13 bits per heavy atom. The third kappa shape index (κ3) is 6.22. The first-order valence-electron chi connectivity index (χ1n) is 10.0. The number of carbonyl (C=O) groups is 3. The number of carbonyl (C=O) groups excluding carboxylic acids is 3. The van der Waals surface area contributed by atoms with Crippen LogP contribution in [0.4, 0.5) is 5.69 Å². The number of Topliss-reactive ketones (excluding diaryl/α,β-unsaturated/α-hetero) is 1. The fourth-order valence-corrected chi connectivity index (χ4v) is 4.03. The predicted molar refractivity (Wildman–Crippen MR) is 116 cm³/mol. The fourth-order valence-electron chi connectivity index (χ4n) is 3.51. The molecule has 0 aromatic heterocycles. The second-order valence-corrected chi connectivity index (χ2v) is 9.06. The highest BCUT2D eigenvalue weighted by atomic mass is 32.2. The van der Waals surface area contributed by atoms with Gasteiger partial charge in [-0.3, -0.25) is 14.4 Å². The van der Waals surface area contributed by atoms with Gasteiger partial charge in [-0.15, -0.1) is 0 Å². The van der Waals surface area contributed by atoms with Crippen molar-refractivity contribution < 1.29 is 22.8 Å². The van der Waals surface area contributed by atoms with Gasteiger partial charge in [-0.25, -0.2) is 13.6 Å². The molecule has 0 radical (unpaired) electrons. The zero-order valence-electron chi connectivity index (χ0n) is 17.0. The summed E-state index contributed by atoms with van der Waals surface area (Å²) in [5.74, 6) is -0.555. The van der Waals surface area contributed by atoms with Crippen LogP contribution in [0.1, 0.15) is 36.0 Å². The lowest BCUT2D eigenvalue weighted by Gasteiger charge is -2.31. The largest absolute Gasteiger partial charge is 0.343 e. The fraction of sp³-hybridized carbons (Fsp3) is 0.318. The molecule has 1 fully saturated rings. The van der Waals surface area contributed by atoms with Gasteiger partial charge < -0.3 is 10.2 Å². The van der Waals surface area contributed by atoms with Crippen LogP contribution in [0.5, 0.6) is 0 Å². The van der Waals surface area contributed by atoms with Crippen molar-refractivity contribution in [1.82, 2.24) is 4.90 Å². The number of hydrogen-bond acceptors (Lipinski definition) is 5. The number of amides is 2. The summed E-state index contributed by atoms with van der Waals surface area (Å²) in [6.45, 7) is 0.918. The first-order chi connectivity index (χ1) is 14.7. The molecule has 2 aromatic carbocycles. The summed E-state index contributed by atoms with van der Waals surface area (Å²) in [7, 11) is -3.78. The van der Waals surface area contributed by atoms with Gasteiger partial charge in [0.05, 0.1) is 4.90 Å². The highest BCUT2D eigenvalue weighted by molar-refractivity contribution is 7.89. The Morgan fingerprint density at radius 1 is 0.935 bits per heavy atom. The lowest BCUT2D eigenvalue weighted by molar-refractivity contribution is -0.134. The van der Waals surface area contributed by atoms with Crippen molar-refractivity contribution in [3.63, 3.8) is 0 Å². The molecule has 0 aliphatic carbocycles. The first kappa shape index (κ1) is 22.6. The Morgan fingerprint density at radius 2 is 1.55 bits per heavy atom. The maximum Gasteiger partial charge on any atom is 0.238 e. The minimum atomic E-state index is -3.78. The topological polar surface area (TPSA) is 127 Å². The van der Waals surface area contributed by atoms with Gasteiger partial charge in [0.2, 0.25) is 21.8 Å². The molecule has 1 aliphatic rings. The second kappa shape index (κ2) is 9.84. The van der Waals surface area contributed by atoms with Crippen molar-refractivity contribution >= 4 is 33.3 Å². The first-order valence-corrected chi connectivity index (χ1v) is 11.6. The molecule has 3 rings (SSSR count). The molecule has 0 atom stereocenters. The van der Waals surface area contributed by atoms with Crippen LogP contribution in [0, 0.1) is 5.92 Å². The zero-order chi connectivity index (χ0) is 22.4. The van der Waals surface area contributed by atoms with Gasteiger partial charge in [-0.1, -0.05) is 30.3 Å². The molecule has 1 heterocycles. The van der Waals surface area contributed by atoms with Gasteiger partial charge in [0, 0.05) is 43.1 Å². The summed E-state index contributed by atoms with van der Waals surface area (Å²) in [5.41, 5.74) is 1.08. The van der Waals surface area contributed by atoms with E-state index in [9.17, 15) is 22.8 Å². The molecule has 164 valence electrons. The minimum absolute atomic E-state index is 0.0249. The van der Waals surface area contributed by atoms with Crippen molar-refractivity contribution in [1.29, 1.82) is 0 Å². The van der Waals surface area contributed by atoms with Crippen LogP contribution in [0.15, 0.2) is 59.5 Å². The number of ketones is 1. The van der Waals surface area contributed by atoms with Crippen molar-refractivity contribution in [2.75, 3.05) is 18.4 Å². The molecule has 31 heavy (non-hydrogen) atoms. The average molecular weight is 444 g/mol. The van der Waals surface area contributed by atoms with Crippen LogP contribution in [0.2, 0.25) is 0 Å². The van der Waals surface area contributed by atoms with Gasteiger partial charge in [0.15, 0.2) is 5.78 Å². The molecule has 3 N–H and O–H groups in total. The molecule has 0 unspecified atom stereocenters. The quantitative estimate of drug-likeness (QED) is 0.634. The van der Waals surface area contributed by atoms with E-state index in [2.05, 4.69) is 5.32 Å². The summed E-state index contributed by atoms with van der Waals surface area (Å²) in [5, 5.41) is 7.83. The summed E-state index contributed by atoms with van der Waals surface area (Å²) in [4.78, 5) is 38.8. The number of rotatable bonds is 7. The number of nitrogens with zero attached hydrogens (tertiary/aromatic N) is 1. The Bertz CT molecular complexity index is 1040. The second-order valence-electron chi connectivity index (χ2n) is 7.50. The maximum absolute atomic E-state index is 12.5.